The molecule has 1 atom stereocenters. The summed E-state index contributed by atoms with van der Waals surface area (Å²) < 4.78 is 5.61. The molecule has 3 N–H and O–H groups in total. The molecule has 1 fully saturated rings. The van der Waals surface area contributed by atoms with Crippen LogP contribution >= 0.6 is 12.4 Å². The van der Waals surface area contributed by atoms with Gasteiger partial charge < -0.3 is 15.8 Å². The van der Waals surface area contributed by atoms with Crippen LogP contribution in [0.2, 0.25) is 0 Å². The quantitative estimate of drug-likeness (QED) is 0.842. The van der Waals surface area contributed by atoms with Crippen LogP contribution in [0.5, 0.6) is 5.75 Å². The Morgan fingerprint density at radius 1 is 1.39 bits per heavy atom. The predicted molar refractivity (Wildman–Crippen MR) is 71.0 cm³/mol. The first kappa shape index (κ1) is 13.2. The molecule has 0 saturated heterocycles. The van der Waals surface area contributed by atoms with Crippen LogP contribution < -0.4 is 15.8 Å². The van der Waals surface area contributed by atoms with Crippen LogP contribution in [0.1, 0.15) is 18.4 Å². The van der Waals surface area contributed by atoms with Gasteiger partial charge in [0.1, 0.15) is 12.4 Å². The van der Waals surface area contributed by atoms with Crippen molar-refractivity contribution >= 4 is 18.3 Å². The lowest BCUT2D eigenvalue weighted by Crippen LogP contribution is -2.50. The minimum absolute atomic E-state index is 0. The van der Waals surface area contributed by atoms with Crippen LogP contribution in [0.15, 0.2) is 24.3 Å². The molecule has 1 aromatic carbocycles. The number of benzene rings is 1. The molecular formula is C13H17ClN2O2. The van der Waals surface area contributed by atoms with Crippen LogP contribution in [0.4, 0.5) is 0 Å². The number of rotatable bonds is 2. The number of ether oxygens (including phenoxy) is 1. The van der Waals surface area contributed by atoms with E-state index in [0.29, 0.717) is 6.61 Å². The Bertz CT molecular complexity index is 460. The van der Waals surface area contributed by atoms with E-state index in [0.717, 1.165) is 30.6 Å². The van der Waals surface area contributed by atoms with Crippen molar-refractivity contribution in [2.24, 2.45) is 5.73 Å². The van der Waals surface area contributed by atoms with Gasteiger partial charge in [-0.15, -0.1) is 12.4 Å². The molecule has 3 rings (SSSR count). The summed E-state index contributed by atoms with van der Waals surface area (Å²) in [6.07, 6.45) is 2.41. The number of halogens is 1. The molecule has 0 aromatic heterocycles. The Hall–Kier alpha value is -1.26. The number of para-hydroxylation sites is 1. The van der Waals surface area contributed by atoms with E-state index < -0.39 is 5.54 Å². The minimum Gasteiger partial charge on any atom is -0.491 e. The first-order valence-corrected chi connectivity index (χ1v) is 5.98. The smallest absolute Gasteiger partial charge is 0.240 e. The zero-order valence-corrected chi connectivity index (χ0v) is 10.8. The Morgan fingerprint density at radius 2 is 2.11 bits per heavy atom. The van der Waals surface area contributed by atoms with Gasteiger partial charge in [-0.3, -0.25) is 4.79 Å². The number of hydrogen-bond donors (Lipinski definition) is 2. The minimum atomic E-state index is -0.600. The SMILES string of the molecule is Cl.NC1(C(=O)NC2COc3ccccc3C2)CC1. The molecule has 4 nitrogen and oxygen atoms in total. The van der Waals surface area contributed by atoms with Gasteiger partial charge in [-0.05, 0) is 30.9 Å². The second-order valence-electron chi connectivity index (χ2n) is 4.95. The van der Waals surface area contributed by atoms with E-state index in [4.69, 9.17) is 10.5 Å². The van der Waals surface area contributed by atoms with Crippen molar-refractivity contribution in [3.05, 3.63) is 29.8 Å². The molecule has 0 radical (unpaired) electrons. The standard InChI is InChI=1S/C13H16N2O2.ClH/c14-13(5-6-13)12(16)15-10-7-9-3-1-2-4-11(9)17-8-10;/h1-4,10H,5-8,14H2,(H,15,16);1H. The van der Waals surface area contributed by atoms with Gasteiger partial charge in [-0.1, -0.05) is 18.2 Å². The van der Waals surface area contributed by atoms with Gasteiger partial charge in [0.25, 0.3) is 0 Å². The molecule has 1 amide bonds. The van der Waals surface area contributed by atoms with Gasteiger partial charge in [0.2, 0.25) is 5.91 Å². The largest absolute Gasteiger partial charge is 0.491 e. The lowest BCUT2D eigenvalue weighted by molar-refractivity contribution is -0.124. The molecule has 5 heteroatoms. The molecule has 1 saturated carbocycles. The Balaban J connectivity index is 0.00000120. The molecule has 1 aliphatic carbocycles. The van der Waals surface area contributed by atoms with Gasteiger partial charge in [-0.2, -0.15) is 0 Å². The summed E-state index contributed by atoms with van der Waals surface area (Å²) in [4.78, 5) is 11.8. The van der Waals surface area contributed by atoms with Crippen LogP contribution in [-0.2, 0) is 11.2 Å². The van der Waals surface area contributed by atoms with E-state index in [2.05, 4.69) is 5.32 Å². The van der Waals surface area contributed by atoms with E-state index in [1.165, 1.54) is 0 Å². The first-order chi connectivity index (χ1) is 8.17. The van der Waals surface area contributed by atoms with Gasteiger partial charge in [-0.25, -0.2) is 0 Å². The molecule has 1 unspecified atom stereocenters. The third kappa shape index (κ3) is 2.44. The summed E-state index contributed by atoms with van der Waals surface area (Å²) in [5.74, 6) is 0.886. The fraction of sp³-hybridized carbons (Fsp3) is 0.462. The number of carbonyl (C=O) groups excluding carboxylic acids is 1. The van der Waals surface area contributed by atoms with Crippen molar-refractivity contribution in [3.8, 4) is 5.75 Å². The molecule has 1 heterocycles. The normalized spacial score (nSPS) is 23.1. The molecule has 98 valence electrons. The topological polar surface area (TPSA) is 64.4 Å². The van der Waals surface area contributed by atoms with Crippen molar-refractivity contribution in [2.45, 2.75) is 30.8 Å². The number of nitrogens with one attached hydrogen (secondary N) is 1. The third-order valence-corrected chi connectivity index (χ3v) is 3.46. The summed E-state index contributed by atoms with van der Waals surface area (Å²) in [6.45, 7) is 0.527. The highest BCUT2D eigenvalue weighted by Crippen LogP contribution is 2.32. The first-order valence-electron chi connectivity index (χ1n) is 5.98. The van der Waals surface area contributed by atoms with E-state index in [1.807, 2.05) is 24.3 Å². The van der Waals surface area contributed by atoms with E-state index in [-0.39, 0.29) is 24.4 Å². The highest BCUT2D eigenvalue weighted by Gasteiger charge is 2.46. The lowest BCUT2D eigenvalue weighted by Gasteiger charge is -2.27. The summed E-state index contributed by atoms with van der Waals surface area (Å²) in [5.41, 5.74) is 6.39. The second-order valence-corrected chi connectivity index (χ2v) is 4.95. The van der Waals surface area contributed by atoms with E-state index >= 15 is 0 Å². The summed E-state index contributed by atoms with van der Waals surface area (Å²) >= 11 is 0. The van der Waals surface area contributed by atoms with Crippen molar-refractivity contribution in [3.63, 3.8) is 0 Å². The van der Waals surface area contributed by atoms with Crippen molar-refractivity contribution in [2.75, 3.05) is 6.61 Å². The van der Waals surface area contributed by atoms with Crippen LogP contribution in [0.25, 0.3) is 0 Å². The molecule has 0 bridgehead atoms. The second kappa shape index (κ2) is 4.78. The third-order valence-electron chi connectivity index (χ3n) is 3.46. The average Bonchev–Trinajstić information content (AvgIpc) is 3.09. The van der Waals surface area contributed by atoms with Crippen molar-refractivity contribution < 1.29 is 9.53 Å². The fourth-order valence-electron chi connectivity index (χ4n) is 2.11. The number of nitrogens with two attached hydrogens (primary N) is 1. The average molecular weight is 269 g/mol. The summed E-state index contributed by atoms with van der Waals surface area (Å²) in [5, 5.41) is 2.97. The van der Waals surface area contributed by atoms with Crippen LogP contribution in [0, 0.1) is 0 Å². The zero-order chi connectivity index (χ0) is 11.9. The molecule has 18 heavy (non-hydrogen) atoms. The number of fused-ring (bicyclic) bond motifs is 1. The van der Waals surface area contributed by atoms with Crippen LogP contribution in [0.3, 0.4) is 0 Å². The highest BCUT2D eigenvalue weighted by atomic mass is 35.5. The van der Waals surface area contributed by atoms with Crippen molar-refractivity contribution in [1.82, 2.24) is 5.32 Å². The molecule has 2 aliphatic rings. The predicted octanol–water partition coefficient (Wildman–Crippen LogP) is 1.02. The zero-order valence-electron chi connectivity index (χ0n) is 10.0. The molecule has 1 aliphatic heterocycles. The fourth-order valence-corrected chi connectivity index (χ4v) is 2.11. The van der Waals surface area contributed by atoms with E-state index in [9.17, 15) is 4.79 Å². The molecular weight excluding hydrogens is 252 g/mol. The van der Waals surface area contributed by atoms with Gasteiger partial charge in [0.05, 0.1) is 11.6 Å². The van der Waals surface area contributed by atoms with Gasteiger partial charge >= 0.3 is 0 Å². The highest BCUT2D eigenvalue weighted by molar-refractivity contribution is 5.89. The lowest BCUT2D eigenvalue weighted by atomic mass is 10.0. The van der Waals surface area contributed by atoms with E-state index in [1.54, 1.807) is 0 Å². The van der Waals surface area contributed by atoms with Gasteiger partial charge in [0.15, 0.2) is 0 Å². The van der Waals surface area contributed by atoms with Crippen molar-refractivity contribution in [1.29, 1.82) is 0 Å². The number of carbonyl (C=O) groups is 1. The maximum Gasteiger partial charge on any atom is 0.240 e. The Morgan fingerprint density at radius 3 is 2.83 bits per heavy atom. The maximum atomic E-state index is 11.8. The maximum absolute atomic E-state index is 11.8. The molecule has 0 spiro atoms. The monoisotopic (exact) mass is 268 g/mol. The number of amides is 1. The number of hydrogen-bond acceptors (Lipinski definition) is 3. The summed E-state index contributed by atoms with van der Waals surface area (Å²) in [7, 11) is 0. The van der Waals surface area contributed by atoms with Crippen LogP contribution in [-0.4, -0.2) is 24.1 Å². The Kier molecular flexibility index (Phi) is 3.50. The Labute approximate surface area is 112 Å². The summed E-state index contributed by atoms with van der Waals surface area (Å²) in [6, 6.07) is 7.97. The van der Waals surface area contributed by atoms with Gasteiger partial charge in [0, 0.05) is 0 Å². The molecule has 1 aromatic rings.